The molecule has 0 saturated carbocycles. The van der Waals surface area contributed by atoms with Crippen LogP contribution in [0.25, 0.3) is 0 Å². The molecule has 1 fully saturated rings. The van der Waals surface area contributed by atoms with Crippen molar-refractivity contribution in [3.63, 3.8) is 0 Å². The van der Waals surface area contributed by atoms with Crippen molar-refractivity contribution in [1.29, 1.82) is 0 Å². The monoisotopic (exact) mass is 305 g/mol. The Labute approximate surface area is 107 Å². The summed E-state index contributed by atoms with van der Waals surface area (Å²) >= 11 is 3.08. The molecule has 1 aromatic carbocycles. The van der Waals surface area contributed by atoms with Crippen LogP contribution in [0, 0.1) is 17.6 Å². The number of benzene rings is 1. The van der Waals surface area contributed by atoms with Crippen molar-refractivity contribution in [2.75, 3.05) is 20.3 Å². The second kappa shape index (κ2) is 5.42. The highest BCUT2D eigenvalue weighted by Crippen LogP contribution is 2.33. The minimum Gasteiger partial charge on any atom is -0.381 e. The van der Waals surface area contributed by atoms with Gasteiger partial charge in [-0.2, -0.15) is 0 Å². The molecule has 1 N–H and O–H groups in total. The molecular weight excluding hydrogens is 292 g/mol. The Hall–Kier alpha value is -0.520. The molecule has 0 aliphatic carbocycles. The third kappa shape index (κ3) is 2.67. The first-order valence-electron chi connectivity index (χ1n) is 5.53. The van der Waals surface area contributed by atoms with Crippen molar-refractivity contribution >= 4 is 15.9 Å². The molecule has 0 bridgehead atoms. The molecule has 1 aromatic rings. The largest absolute Gasteiger partial charge is 0.381 e. The lowest BCUT2D eigenvalue weighted by atomic mass is 9.92. The van der Waals surface area contributed by atoms with E-state index in [2.05, 4.69) is 21.2 Å². The normalized spacial score (nSPS) is 21.8. The van der Waals surface area contributed by atoms with Gasteiger partial charge in [-0.25, -0.2) is 8.78 Å². The van der Waals surface area contributed by atoms with Crippen molar-refractivity contribution in [3.05, 3.63) is 33.8 Å². The molecule has 2 nitrogen and oxygen atoms in total. The highest BCUT2D eigenvalue weighted by atomic mass is 79.9. The fourth-order valence-corrected chi connectivity index (χ4v) is 2.68. The molecule has 0 amide bonds. The van der Waals surface area contributed by atoms with Crippen LogP contribution in [0.15, 0.2) is 16.6 Å². The van der Waals surface area contributed by atoms with Crippen LogP contribution in [0.2, 0.25) is 0 Å². The minimum absolute atomic E-state index is 0.103. The van der Waals surface area contributed by atoms with E-state index in [1.54, 1.807) is 7.05 Å². The molecule has 0 aromatic heterocycles. The van der Waals surface area contributed by atoms with E-state index >= 15 is 0 Å². The molecule has 0 spiro atoms. The van der Waals surface area contributed by atoms with E-state index in [0.29, 0.717) is 17.7 Å². The van der Waals surface area contributed by atoms with Crippen LogP contribution in [0.1, 0.15) is 18.0 Å². The van der Waals surface area contributed by atoms with Gasteiger partial charge in [-0.1, -0.05) is 15.9 Å². The summed E-state index contributed by atoms with van der Waals surface area (Å²) in [5.41, 5.74) is 0.103. The highest BCUT2D eigenvalue weighted by molar-refractivity contribution is 9.10. The SMILES string of the molecule is CNC(c1c(F)cc(Br)cc1F)C1CCOC1. The topological polar surface area (TPSA) is 21.3 Å². The van der Waals surface area contributed by atoms with E-state index in [1.807, 2.05) is 0 Å². The maximum atomic E-state index is 13.9. The summed E-state index contributed by atoms with van der Waals surface area (Å²) in [6.07, 6.45) is 0.820. The van der Waals surface area contributed by atoms with Crippen LogP contribution in [0.5, 0.6) is 0 Å². The van der Waals surface area contributed by atoms with Crippen LogP contribution in [-0.2, 0) is 4.74 Å². The molecule has 2 unspecified atom stereocenters. The van der Waals surface area contributed by atoms with Gasteiger partial charge in [-0.15, -0.1) is 0 Å². The number of hydrogen-bond acceptors (Lipinski definition) is 2. The van der Waals surface area contributed by atoms with Gasteiger partial charge in [0.25, 0.3) is 0 Å². The Kier molecular flexibility index (Phi) is 4.12. The summed E-state index contributed by atoms with van der Waals surface area (Å²) in [6, 6.07) is 2.24. The minimum atomic E-state index is -0.525. The summed E-state index contributed by atoms with van der Waals surface area (Å²) < 4.78 is 33.4. The van der Waals surface area contributed by atoms with Crippen LogP contribution in [-0.4, -0.2) is 20.3 Å². The van der Waals surface area contributed by atoms with Crippen molar-refractivity contribution < 1.29 is 13.5 Å². The van der Waals surface area contributed by atoms with Crippen molar-refractivity contribution in [3.8, 4) is 0 Å². The van der Waals surface area contributed by atoms with Crippen LogP contribution in [0.3, 0.4) is 0 Å². The van der Waals surface area contributed by atoms with Crippen molar-refractivity contribution in [2.24, 2.45) is 5.92 Å². The molecule has 17 heavy (non-hydrogen) atoms. The van der Waals surface area contributed by atoms with Crippen molar-refractivity contribution in [1.82, 2.24) is 5.32 Å². The maximum absolute atomic E-state index is 13.9. The molecule has 1 saturated heterocycles. The van der Waals surface area contributed by atoms with Crippen LogP contribution in [0.4, 0.5) is 8.78 Å². The lowest BCUT2D eigenvalue weighted by molar-refractivity contribution is 0.176. The average Bonchev–Trinajstić information content (AvgIpc) is 2.76. The first kappa shape index (κ1) is 12.9. The Balaban J connectivity index is 2.36. The number of nitrogens with one attached hydrogen (secondary N) is 1. The summed E-state index contributed by atoms with van der Waals surface area (Å²) in [4.78, 5) is 0. The standard InChI is InChI=1S/C12H14BrF2NO/c1-16-12(7-2-3-17-6-7)11-9(14)4-8(13)5-10(11)15/h4-5,7,12,16H,2-3,6H2,1H3. The number of halogens is 3. The van der Waals surface area contributed by atoms with Gasteiger partial charge in [0.2, 0.25) is 0 Å². The summed E-state index contributed by atoms with van der Waals surface area (Å²) in [5, 5.41) is 2.99. The Morgan fingerprint density at radius 2 is 2.06 bits per heavy atom. The number of ether oxygens (including phenoxy) is 1. The van der Waals surface area contributed by atoms with E-state index < -0.39 is 11.6 Å². The fourth-order valence-electron chi connectivity index (χ4n) is 2.28. The number of rotatable bonds is 3. The molecule has 2 atom stereocenters. The Morgan fingerprint density at radius 3 is 2.53 bits per heavy atom. The van der Waals surface area contributed by atoms with E-state index in [9.17, 15) is 8.78 Å². The third-order valence-corrected chi connectivity index (χ3v) is 3.56. The second-order valence-corrected chi connectivity index (χ2v) is 5.09. The van der Waals surface area contributed by atoms with Gasteiger partial charge in [0.1, 0.15) is 11.6 Å². The molecular formula is C12H14BrF2NO. The van der Waals surface area contributed by atoms with Gasteiger partial charge in [0.15, 0.2) is 0 Å². The zero-order valence-corrected chi connectivity index (χ0v) is 11.1. The molecule has 94 valence electrons. The second-order valence-electron chi connectivity index (χ2n) is 4.17. The van der Waals surface area contributed by atoms with E-state index in [4.69, 9.17) is 4.74 Å². The molecule has 0 radical (unpaired) electrons. The predicted molar refractivity (Wildman–Crippen MR) is 64.8 cm³/mol. The highest BCUT2D eigenvalue weighted by Gasteiger charge is 2.30. The number of hydrogen-bond donors (Lipinski definition) is 1. The summed E-state index contributed by atoms with van der Waals surface area (Å²) in [7, 11) is 1.71. The zero-order chi connectivity index (χ0) is 12.4. The van der Waals surface area contributed by atoms with Crippen LogP contribution < -0.4 is 5.32 Å². The maximum Gasteiger partial charge on any atom is 0.132 e. The van der Waals surface area contributed by atoms with E-state index in [-0.39, 0.29) is 17.5 Å². The first-order chi connectivity index (χ1) is 8.13. The predicted octanol–water partition coefficient (Wildman–Crippen LogP) is 3.02. The lowest BCUT2D eigenvalue weighted by Crippen LogP contribution is -2.27. The van der Waals surface area contributed by atoms with Gasteiger partial charge in [-0.3, -0.25) is 0 Å². The van der Waals surface area contributed by atoms with Gasteiger partial charge in [0.05, 0.1) is 6.61 Å². The average molecular weight is 306 g/mol. The summed E-state index contributed by atoms with van der Waals surface area (Å²) in [5.74, 6) is -0.934. The fraction of sp³-hybridized carbons (Fsp3) is 0.500. The molecule has 1 heterocycles. The van der Waals surface area contributed by atoms with E-state index in [0.717, 1.165) is 6.42 Å². The Morgan fingerprint density at radius 1 is 1.41 bits per heavy atom. The first-order valence-corrected chi connectivity index (χ1v) is 6.32. The quantitative estimate of drug-likeness (QED) is 0.927. The molecule has 1 aliphatic heterocycles. The van der Waals surface area contributed by atoms with Gasteiger partial charge < -0.3 is 10.1 Å². The summed E-state index contributed by atoms with van der Waals surface area (Å²) in [6.45, 7) is 1.20. The van der Waals surface area contributed by atoms with Gasteiger partial charge in [-0.05, 0) is 25.6 Å². The van der Waals surface area contributed by atoms with Crippen LogP contribution >= 0.6 is 15.9 Å². The molecule has 5 heteroatoms. The zero-order valence-electron chi connectivity index (χ0n) is 9.47. The smallest absolute Gasteiger partial charge is 0.132 e. The van der Waals surface area contributed by atoms with Crippen molar-refractivity contribution in [2.45, 2.75) is 12.5 Å². The molecule has 2 rings (SSSR count). The lowest BCUT2D eigenvalue weighted by Gasteiger charge is -2.23. The van der Waals surface area contributed by atoms with E-state index in [1.165, 1.54) is 12.1 Å². The molecule has 1 aliphatic rings. The third-order valence-electron chi connectivity index (χ3n) is 3.10. The Bertz CT molecular complexity index is 384. The van der Waals surface area contributed by atoms with Gasteiger partial charge >= 0.3 is 0 Å². The van der Waals surface area contributed by atoms with Gasteiger partial charge in [0, 0.05) is 28.6 Å².